The highest BCUT2D eigenvalue weighted by atomic mass is 79.9. The van der Waals surface area contributed by atoms with E-state index in [1.807, 2.05) is 6.07 Å². The lowest BCUT2D eigenvalue weighted by molar-refractivity contribution is 0.112. The van der Waals surface area contributed by atoms with Crippen molar-refractivity contribution in [2.75, 3.05) is 31.6 Å². The van der Waals surface area contributed by atoms with E-state index < -0.39 is 0 Å². The highest BCUT2D eigenvalue weighted by molar-refractivity contribution is 9.10. The topological polar surface area (TPSA) is 23.6 Å². The molecular weight excluding hydrogens is 304 g/mol. The third-order valence-corrected chi connectivity index (χ3v) is 4.50. The van der Waals surface area contributed by atoms with Gasteiger partial charge in [-0.05, 0) is 60.6 Å². The molecule has 1 heterocycles. The fourth-order valence-electron chi connectivity index (χ4n) is 2.72. The summed E-state index contributed by atoms with van der Waals surface area (Å²) in [5.74, 6) is 0. The second-order valence-electron chi connectivity index (χ2n) is 5.19. The Kier molecular flexibility index (Phi) is 4.99. The van der Waals surface area contributed by atoms with Crippen molar-refractivity contribution in [2.45, 2.75) is 25.8 Å². The molecule has 0 N–H and O–H groups in total. The molecule has 0 amide bonds. The molecule has 0 bridgehead atoms. The van der Waals surface area contributed by atoms with Crippen LogP contribution in [0.5, 0.6) is 0 Å². The predicted molar refractivity (Wildman–Crippen MR) is 83.1 cm³/mol. The van der Waals surface area contributed by atoms with Gasteiger partial charge in [-0.3, -0.25) is 4.79 Å². The van der Waals surface area contributed by atoms with E-state index in [-0.39, 0.29) is 0 Å². The van der Waals surface area contributed by atoms with E-state index in [0.717, 1.165) is 36.8 Å². The fourth-order valence-corrected chi connectivity index (χ4v) is 3.18. The molecule has 0 aromatic heterocycles. The van der Waals surface area contributed by atoms with Crippen LogP contribution in [0.3, 0.4) is 0 Å². The first-order valence-electron chi connectivity index (χ1n) is 6.85. The molecule has 104 valence electrons. The SMILES string of the molecule is CCC1CN(C)CCCN1c1ccc(C=O)c(Br)c1. The second-order valence-corrected chi connectivity index (χ2v) is 6.05. The zero-order valence-electron chi connectivity index (χ0n) is 11.6. The van der Waals surface area contributed by atoms with Crippen molar-refractivity contribution in [3.8, 4) is 0 Å². The van der Waals surface area contributed by atoms with Crippen molar-refractivity contribution in [3.05, 3.63) is 28.2 Å². The molecule has 0 aliphatic carbocycles. The summed E-state index contributed by atoms with van der Waals surface area (Å²) in [5.41, 5.74) is 1.92. The Balaban J connectivity index is 2.27. The normalized spacial score (nSPS) is 21.2. The Morgan fingerprint density at radius 3 is 2.84 bits per heavy atom. The molecule has 19 heavy (non-hydrogen) atoms. The van der Waals surface area contributed by atoms with Crippen LogP contribution in [0.4, 0.5) is 5.69 Å². The van der Waals surface area contributed by atoms with Crippen molar-refractivity contribution < 1.29 is 4.79 Å². The first-order chi connectivity index (χ1) is 9.15. The molecule has 4 heteroatoms. The molecule has 1 saturated heterocycles. The van der Waals surface area contributed by atoms with Crippen LogP contribution in [0.2, 0.25) is 0 Å². The first-order valence-corrected chi connectivity index (χ1v) is 7.65. The van der Waals surface area contributed by atoms with Crippen molar-refractivity contribution in [2.24, 2.45) is 0 Å². The molecule has 3 nitrogen and oxygen atoms in total. The van der Waals surface area contributed by atoms with Gasteiger partial charge in [0.05, 0.1) is 0 Å². The summed E-state index contributed by atoms with van der Waals surface area (Å²) in [7, 11) is 2.19. The van der Waals surface area contributed by atoms with Gasteiger partial charge in [0.1, 0.15) is 0 Å². The van der Waals surface area contributed by atoms with Crippen LogP contribution in [-0.4, -0.2) is 43.9 Å². The zero-order valence-corrected chi connectivity index (χ0v) is 13.2. The third kappa shape index (κ3) is 3.37. The molecule has 2 rings (SSSR count). The molecule has 1 unspecified atom stereocenters. The number of likely N-dealkylation sites (N-methyl/N-ethyl adjacent to an activating group) is 1. The minimum atomic E-state index is 0.543. The van der Waals surface area contributed by atoms with Gasteiger partial charge in [0, 0.05) is 34.9 Å². The molecule has 1 aromatic carbocycles. The number of hydrogen-bond donors (Lipinski definition) is 0. The van der Waals surface area contributed by atoms with Gasteiger partial charge in [0.25, 0.3) is 0 Å². The van der Waals surface area contributed by atoms with Crippen molar-refractivity contribution in [3.63, 3.8) is 0 Å². The number of hydrogen-bond acceptors (Lipinski definition) is 3. The first kappa shape index (κ1) is 14.5. The molecule has 0 saturated carbocycles. The zero-order chi connectivity index (χ0) is 13.8. The van der Waals surface area contributed by atoms with Crippen molar-refractivity contribution in [1.82, 2.24) is 4.90 Å². The molecule has 1 aliphatic heterocycles. The number of aldehydes is 1. The Morgan fingerprint density at radius 1 is 1.42 bits per heavy atom. The van der Waals surface area contributed by atoms with Crippen LogP contribution in [0.1, 0.15) is 30.1 Å². The lowest BCUT2D eigenvalue weighted by Crippen LogP contribution is -2.39. The number of rotatable bonds is 3. The van der Waals surface area contributed by atoms with E-state index in [9.17, 15) is 4.79 Å². The molecular formula is C15H21BrN2O. The fraction of sp³-hybridized carbons (Fsp3) is 0.533. The van der Waals surface area contributed by atoms with Crippen LogP contribution in [-0.2, 0) is 0 Å². The maximum absolute atomic E-state index is 10.9. The molecule has 1 atom stereocenters. The van der Waals surface area contributed by atoms with Gasteiger partial charge in [-0.1, -0.05) is 6.92 Å². The summed E-state index contributed by atoms with van der Waals surface area (Å²) < 4.78 is 0.882. The van der Waals surface area contributed by atoms with E-state index >= 15 is 0 Å². The number of carbonyl (C=O) groups is 1. The summed E-state index contributed by atoms with van der Waals surface area (Å²) in [6.45, 7) is 5.57. The van der Waals surface area contributed by atoms with Crippen LogP contribution in [0.25, 0.3) is 0 Å². The van der Waals surface area contributed by atoms with Crippen molar-refractivity contribution in [1.29, 1.82) is 0 Å². The smallest absolute Gasteiger partial charge is 0.151 e. The van der Waals surface area contributed by atoms with Crippen LogP contribution in [0, 0.1) is 0 Å². The number of nitrogens with zero attached hydrogens (tertiary/aromatic N) is 2. The predicted octanol–water partition coefficient (Wildman–Crippen LogP) is 3.18. The summed E-state index contributed by atoms with van der Waals surface area (Å²) in [6.07, 6.45) is 3.21. The average molecular weight is 325 g/mol. The number of anilines is 1. The monoisotopic (exact) mass is 324 g/mol. The Hall–Kier alpha value is -0.870. The van der Waals surface area contributed by atoms with E-state index in [2.05, 4.69) is 51.8 Å². The average Bonchev–Trinajstić information content (AvgIpc) is 2.60. The molecule has 1 fully saturated rings. The van der Waals surface area contributed by atoms with Gasteiger partial charge >= 0.3 is 0 Å². The van der Waals surface area contributed by atoms with Gasteiger partial charge < -0.3 is 9.80 Å². The summed E-state index contributed by atoms with van der Waals surface area (Å²) in [6, 6.07) is 6.56. The highest BCUT2D eigenvalue weighted by Crippen LogP contribution is 2.27. The highest BCUT2D eigenvalue weighted by Gasteiger charge is 2.22. The van der Waals surface area contributed by atoms with Gasteiger partial charge in [0.15, 0.2) is 6.29 Å². The van der Waals surface area contributed by atoms with E-state index in [0.29, 0.717) is 11.6 Å². The van der Waals surface area contributed by atoms with Gasteiger partial charge in [-0.15, -0.1) is 0 Å². The number of halogens is 1. The Morgan fingerprint density at radius 2 is 2.21 bits per heavy atom. The Labute approximate surface area is 123 Å². The van der Waals surface area contributed by atoms with Gasteiger partial charge in [-0.25, -0.2) is 0 Å². The van der Waals surface area contributed by atoms with Crippen LogP contribution in [0.15, 0.2) is 22.7 Å². The summed E-state index contributed by atoms with van der Waals surface area (Å²) >= 11 is 3.48. The summed E-state index contributed by atoms with van der Waals surface area (Å²) in [4.78, 5) is 15.8. The van der Waals surface area contributed by atoms with Crippen molar-refractivity contribution >= 4 is 27.9 Å². The number of carbonyl (C=O) groups excluding carboxylic acids is 1. The molecule has 0 radical (unpaired) electrons. The maximum Gasteiger partial charge on any atom is 0.151 e. The lowest BCUT2D eigenvalue weighted by Gasteiger charge is -2.32. The lowest BCUT2D eigenvalue weighted by atomic mass is 10.1. The van der Waals surface area contributed by atoms with Crippen LogP contribution < -0.4 is 4.90 Å². The maximum atomic E-state index is 10.9. The minimum absolute atomic E-state index is 0.543. The van der Waals surface area contributed by atoms with E-state index in [1.165, 1.54) is 12.1 Å². The van der Waals surface area contributed by atoms with E-state index in [4.69, 9.17) is 0 Å². The number of benzene rings is 1. The molecule has 1 aliphatic rings. The van der Waals surface area contributed by atoms with Gasteiger partial charge in [-0.2, -0.15) is 0 Å². The quantitative estimate of drug-likeness (QED) is 0.798. The largest absolute Gasteiger partial charge is 0.367 e. The van der Waals surface area contributed by atoms with E-state index in [1.54, 1.807) is 0 Å². The second kappa shape index (κ2) is 6.53. The molecule has 1 aromatic rings. The third-order valence-electron chi connectivity index (χ3n) is 3.82. The minimum Gasteiger partial charge on any atom is -0.367 e. The summed E-state index contributed by atoms with van der Waals surface area (Å²) in [5, 5.41) is 0. The van der Waals surface area contributed by atoms with Crippen LogP contribution >= 0.6 is 15.9 Å². The molecule has 0 spiro atoms. The van der Waals surface area contributed by atoms with Gasteiger partial charge in [0.2, 0.25) is 0 Å². The standard InChI is InChI=1S/C15H21BrN2O/c1-3-13-10-17(2)7-4-8-18(13)14-6-5-12(11-19)15(16)9-14/h5-6,9,11,13H,3-4,7-8,10H2,1-2H3. The Bertz CT molecular complexity index is 450.